The van der Waals surface area contributed by atoms with E-state index in [1.165, 1.54) is 0 Å². The van der Waals surface area contributed by atoms with Gasteiger partial charge in [-0.25, -0.2) is 9.59 Å². The van der Waals surface area contributed by atoms with Crippen molar-refractivity contribution < 1.29 is 24.0 Å². The van der Waals surface area contributed by atoms with Crippen LogP contribution in [0, 0.1) is 10.1 Å². The first-order valence-corrected chi connectivity index (χ1v) is 4.77. The second-order valence-electron chi connectivity index (χ2n) is 3.56. The van der Waals surface area contributed by atoms with Gasteiger partial charge in [-0.1, -0.05) is 0 Å². The molecule has 8 heteroatoms. The first-order chi connectivity index (χ1) is 8.41. The molecule has 0 saturated carbocycles. The Kier molecular flexibility index (Phi) is 2.55. The van der Waals surface area contributed by atoms with Crippen LogP contribution in [-0.2, 0) is 16.0 Å². The van der Waals surface area contributed by atoms with Crippen molar-refractivity contribution in [3.63, 3.8) is 0 Å². The van der Waals surface area contributed by atoms with E-state index < -0.39 is 34.9 Å². The number of nitro benzene ring substituents is 1. The van der Waals surface area contributed by atoms with Gasteiger partial charge in [0.05, 0.1) is 28.0 Å². The lowest BCUT2D eigenvalue weighted by molar-refractivity contribution is -0.385. The molecule has 2 N–H and O–H groups in total. The van der Waals surface area contributed by atoms with Crippen LogP contribution in [0.2, 0.25) is 0 Å². The maximum Gasteiger partial charge on any atom is 0.347 e. The second kappa shape index (κ2) is 3.91. The minimum absolute atomic E-state index is 0.0955. The average molecular weight is 250 g/mol. The van der Waals surface area contributed by atoms with Crippen LogP contribution >= 0.6 is 0 Å². The van der Waals surface area contributed by atoms with Gasteiger partial charge in [0, 0.05) is 6.07 Å². The third kappa shape index (κ3) is 1.69. The fourth-order valence-electron chi connectivity index (χ4n) is 1.75. The Labute approximate surface area is 99.5 Å². The summed E-state index contributed by atoms with van der Waals surface area (Å²) in [6.07, 6.45) is -0.512. The van der Waals surface area contributed by atoms with E-state index in [2.05, 4.69) is 4.74 Å². The van der Waals surface area contributed by atoms with Gasteiger partial charge in [-0.15, -0.1) is 0 Å². The first kappa shape index (κ1) is 11.7. The van der Waals surface area contributed by atoms with Crippen LogP contribution in [-0.4, -0.2) is 22.8 Å². The topological polar surface area (TPSA) is 130 Å². The Morgan fingerprint density at radius 2 is 2.00 bits per heavy atom. The third-order valence-corrected chi connectivity index (χ3v) is 2.45. The SMILES string of the molecule is NC(=O)Cc1c([N+](=O)[O-])ccc2c1C(=O)OC2=O. The van der Waals surface area contributed by atoms with E-state index in [-0.39, 0.29) is 16.7 Å². The summed E-state index contributed by atoms with van der Waals surface area (Å²) >= 11 is 0. The van der Waals surface area contributed by atoms with Gasteiger partial charge in [0.25, 0.3) is 5.69 Å². The number of esters is 2. The number of carbonyl (C=O) groups excluding carboxylic acids is 3. The van der Waals surface area contributed by atoms with Crippen molar-refractivity contribution in [1.29, 1.82) is 0 Å². The summed E-state index contributed by atoms with van der Waals surface area (Å²) in [5, 5.41) is 10.8. The molecule has 0 fully saturated rings. The molecule has 0 aromatic heterocycles. The third-order valence-electron chi connectivity index (χ3n) is 2.45. The molecule has 1 aliphatic heterocycles. The lowest BCUT2D eigenvalue weighted by Crippen LogP contribution is -2.17. The smallest absolute Gasteiger partial charge is 0.347 e. The van der Waals surface area contributed by atoms with Crippen molar-refractivity contribution in [1.82, 2.24) is 0 Å². The largest absolute Gasteiger partial charge is 0.386 e. The van der Waals surface area contributed by atoms with Gasteiger partial charge in [0.2, 0.25) is 5.91 Å². The zero-order chi connectivity index (χ0) is 13.4. The average Bonchev–Trinajstić information content (AvgIpc) is 2.54. The number of ether oxygens (including phenoxy) is 1. The highest BCUT2D eigenvalue weighted by atomic mass is 16.6. The molecule has 2 rings (SSSR count). The van der Waals surface area contributed by atoms with Crippen LogP contribution < -0.4 is 5.73 Å². The minimum atomic E-state index is -1.00. The molecule has 0 saturated heterocycles. The molecule has 0 bridgehead atoms. The molecule has 0 radical (unpaired) electrons. The number of nitro groups is 1. The molecular weight excluding hydrogens is 244 g/mol. The van der Waals surface area contributed by atoms with Crippen molar-refractivity contribution in [2.45, 2.75) is 6.42 Å². The summed E-state index contributed by atoms with van der Waals surface area (Å²) in [5.41, 5.74) is 3.98. The van der Waals surface area contributed by atoms with Crippen molar-refractivity contribution >= 4 is 23.5 Å². The number of amides is 1. The van der Waals surface area contributed by atoms with Crippen LogP contribution in [0.3, 0.4) is 0 Å². The Morgan fingerprint density at radius 3 is 2.56 bits per heavy atom. The molecule has 0 unspecified atom stereocenters. The highest BCUT2D eigenvalue weighted by Gasteiger charge is 2.36. The van der Waals surface area contributed by atoms with E-state index in [0.29, 0.717) is 0 Å². The highest BCUT2D eigenvalue weighted by Crippen LogP contribution is 2.30. The quantitative estimate of drug-likeness (QED) is 0.346. The van der Waals surface area contributed by atoms with Crippen LogP contribution in [0.25, 0.3) is 0 Å². The summed E-state index contributed by atoms with van der Waals surface area (Å²) in [6.45, 7) is 0. The monoisotopic (exact) mass is 250 g/mol. The summed E-state index contributed by atoms with van der Waals surface area (Å²) in [4.78, 5) is 43.6. The number of carbonyl (C=O) groups is 3. The molecular formula is C10H6N2O6. The lowest BCUT2D eigenvalue weighted by atomic mass is 9.98. The maximum absolute atomic E-state index is 11.4. The number of nitrogens with zero attached hydrogens (tertiary/aromatic N) is 1. The number of fused-ring (bicyclic) bond motifs is 1. The molecule has 1 heterocycles. The van der Waals surface area contributed by atoms with E-state index in [0.717, 1.165) is 12.1 Å². The van der Waals surface area contributed by atoms with Gasteiger partial charge >= 0.3 is 11.9 Å². The lowest BCUT2D eigenvalue weighted by Gasteiger charge is -2.03. The maximum atomic E-state index is 11.4. The Morgan fingerprint density at radius 1 is 1.33 bits per heavy atom. The predicted molar refractivity (Wildman–Crippen MR) is 55.7 cm³/mol. The molecule has 1 aliphatic rings. The molecule has 8 nitrogen and oxygen atoms in total. The summed E-state index contributed by atoms with van der Waals surface area (Å²) in [6, 6.07) is 2.15. The van der Waals surface area contributed by atoms with E-state index in [1.54, 1.807) is 0 Å². The zero-order valence-electron chi connectivity index (χ0n) is 8.84. The minimum Gasteiger partial charge on any atom is -0.386 e. The normalized spacial score (nSPS) is 13.1. The number of hydrogen-bond acceptors (Lipinski definition) is 6. The molecule has 0 aliphatic carbocycles. The summed E-state index contributed by atoms with van der Waals surface area (Å²) in [5.74, 6) is -2.75. The number of cyclic esters (lactones) is 2. The number of benzene rings is 1. The van der Waals surface area contributed by atoms with Crippen molar-refractivity contribution in [2.24, 2.45) is 5.73 Å². The van der Waals surface area contributed by atoms with E-state index in [1.807, 2.05) is 0 Å². The number of primary amides is 1. The van der Waals surface area contributed by atoms with E-state index in [9.17, 15) is 24.5 Å². The van der Waals surface area contributed by atoms with Crippen LogP contribution in [0.5, 0.6) is 0 Å². The number of rotatable bonds is 3. The predicted octanol–water partition coefficient (Wildman–Crippen LogP) is -0.0668. The van der Waals surface area contributed by atoms with Crippen LogP contribution in [0.1, 0.15) is 26.3 Å². The molecule has 18 heavy (non-hydrogen) atoms. The fraction of sp³-hybridized carbons (Fsp3) is 0.100. The van der Waals surface area contributed by atoms with Crippen LogP contribution in [0.15, 0.2) is 12.1 Å². The van der Waals surface area contributed by atoms with Gasteiger partial charge in [0.15, 0.2) is 0 Å². The molecule has 1 amide bonds. The molecule has 1 aromatic carbocycles. The summed E-state index contributed by atoms with van der Waals surface area (Å²) < 4.78 is 4.34. The van der Waals surface area contributed by atoms with Gasteiger partial charge in [0.1, 0.15) is 0 Å². The van der Waals surface area contributed by atoms with E-state index in [4.69, 9.17) is 5.73 Å². The molecule has 92 valence electrons. The van der Waals surface area contributed by atoms with Crippen molar-refractivity contribution in [2.75, 3.05) is 0 Å². The van der Waals surface area contributed by atoms with Gasteiger partial charge in [-0.05, 0) is 6.07 Å². The Hall–Kier alpha value is -2.77. The van der Waals surface area contributed by atoms with E-state index >= 15 is 0 Å². The Balaban J connectivity index is 2.72. The van der Waals surface area contributed by atoms with Gasteiger partial charge < -0.3 is 10.5 Å². The summed E-state index contributed by atoms with van der Waals surface area (Å²) in [7, 11) is 0. The second-order valence-corrected chi connectivity index (χ2v) is 3.56. The van der Waals surface area contributed by atoms with Crippen LogP contribution in [0.4, 0.5) is 5.69 Å². The first-order valence-electron chi connectivity index (χ1n) is 4.77. The van der Waals surface area contributed by atoms with Crippen molar-refractivity contribution in [3.8, 4) is 0 Å². The standard InChI is InChI=1S/C10H6N2O6/c11-7(13)3-5-6(12(16)17)2-1-4-8(5)10(15)18-9(4)14/h1-2H,3H2,(H2,11,13). The van der Waals surface area contributed by atoms with Gasteiger partial charge in [-0.2, -0.15) is 0 Å². The van der Waals surface area contributed by atoms with Gasteiger partial charge in [-0.3, -0.25) is 14.9 Å². The number of hydrogen-bond donors (Lipinski definition) is 1. The Bertz CT molecular complexity index is 607. The molecule has 1 aromatic rings. The van der Waals surface area contributed by atoms with Crippen molar-refractivity contribution in [3.05, 3.63) is 38.9 Å². The zero-order valence-corrected chi connectivity index (χ0v) is 8.84. The molecule has 0 spiro atoms. The highest BCUT2D eigenvalue weighted by molar-refractivity contribution is 6.16. The number of nitrogens with two attached hydrogens (primary N) is 1. The fourth-order valence-corrected chi connectivity index (χ4v) is 1.75. The molecule has 0 atom stereocenters.